The van der Waals surface area contributed by atoms with Crippen molar-refractivity contribution >= 4 is 25.8 Å². The highest BCUT2D eigenvalue weighted by atomic mass is 32.2. The number of amides is 1. The maximum Gasteiger partial charge on any atom is 0.410 e. The summed E-state index contributed by atoms with van der Waals surface area (Å²) in [4.78, 5) is 48.4. The second-order valence-electron chi connectivity index (χ2n) is 17.6. The van der Waals surface area contributed by atoms with Crippen molar-refractivity contribution in [2.45, 2.75) is 125 Å². The van der Waals surface area contributed by atoms with E-state index in [4.69, 9.17) is 23.7 Å². The first-order valence-corrected chi connectivity index (χ1v) is 26.1. The molecule has 4 aromatic rings. The van der Waals surface area contributed by atoms with Crippen LogP contribution in [-0.2, 0) is 37.3 Å². The maximum atomic E-state index is 13.9. The number of sulfone groups is 2. The molecule has 4 heterocycles. The number of benzene rings is 2. The summed E-state index contributed by atoms with van der Waals surface area (Å²) in [7, 11) is -2.65. The lowest BCUT2D eigenvalue weighted by Crippen LogP contribution is -2.45. The van der Waals surface area contributed by atoms with Crippen LogP contribution in [0.1, 0.15) is 97.6 Å². The molecule has 0 saturated carbocycles. The van der Waals surface area contributed by atoms with E-state index < -0.39 is 74.5 Å². The molecule has 69 heavy (non-hydrogen) atoms. The van der Waals surface area contributed by atoms with Crippen molar-refractivity contribution in [3.63, 3.8) is 0 Å². The lowest BCUT2D eigenvalue weighted by molar-refractivity contribution is 0.0217. The van der Waals surface area contributed by atoms with Crippen LogP contribution < -0.4 is 35.4 Å². The van der Waals surface area contributed by atoms with Crippen LogP contribution in [0.15, 0.2) is 55.8 Å². The molecule has 0 bridgehead atoms. The van der Waals surface area contributed by atoms with Crippen molar-refractivity contribution < 1.29 is 55.5 Å². The van der Waals surface area contributed by atoms with Gasteiger partial charge in [0.25, 0.3) is 11.1 Å². The van der Waals surface area contributed by atoms with Gasteiger partial charge in [0.15, 0.2) is 29.5 Å². The molecule has 6 rings (SSSR count). The second-order valence-corrected chi connectivity index (χ2v) is 21.9. The maximum absolute atomic E-state index is 13.9. The zero-order valence-electron chi connectivity index (χ0n) is 40.9. The van der Waals surface area contributed by atoms with Gasteiger partial charge in [-0.2, -0.15) is 9.97 Å². The summed E-state index contributed by atoms with van der Waals surface area (Å²) in [5.74, 6) is 0.0815. The molecular weight excluding hydrogens is 937 g/mol. The van der Waals surface area contributed by atoms with Gasteiger partial charge in [-0.3, -0.25) is 18.7 Å². The summed E-state index contributed by atoms with van der Waals surface area (Å²) in [6, 6.07) is 9.95. The van der Waals surface area contributed by atoms with E-state index in [1.807, 2.05) is 13.8 Å². The number of nitrogens with one attached hydrogen (secondary N) is 1. The number of hydrogen-bond acceptors (Lipinski definition) is 17. The highest BCUT2D eigenvalue weighted by Gasteiger charge is 2.40. The molecule has 2 saturated heterocycles. The molecule has 380 valence electrons. The molecule has 1 amide bonds. The Labute approximate surface area is 403 Å². The summed E-state index contributed by atoms with van der Waals surface area (Å²) >= 11 is 0. The van der Waals surface area contributed by atoms with Crippen molar-refractivity contribution in [1.29, 1.82) is 0 Å². The molecule has 0 spiro atoms. The number of likely N-dealkylation sites (tertiary alicyclic amines) is 1. The average molecular weight is 1000 g/mol. The van der Waals surface area contributed by atoms with Gasteiger partial charge in [-0.25, -0.2) is 21.6 Å². The third-order valence-corrected chi connectivity index (χ3v) is 16.3. The second kappa shape index (κ2) is 23.2. The highest BCUT2D eigenvalue weighted by molar-refractivity contribution is 7.92. The van der Waals surface area contributed by atoms with Crippen molar-refractivity contribution in [2.24, 2.45) is 0 Å². The SMILES string of the molecule is CCCCc1nc(O)c(S(=O)(=O)C2CCN(C(=O)OC(C)(C)C)CC2)c(=O)n1-c1c(OC)cccc1OC.CCCCc1nc(O)c(S(=O)(=O)C2CCNCC2)c(=O)n1-c1c(OC)cccc1OC. The standard InChI is InChI=1S/C26H37N3O8S.C21H29N3O6S/c1-7-8-12-20-27-23(30)22(24(31)29(20)21-18(35-5)10-9-11-19(21)36-6)38(33,34)17-13-15-28(16-14-17)25(32)37-26(2,3)4;1-4-5-9-17-23-20(25)19(31(27,28)14-10-12-22-13-11-14)21(26)24(17)18-15(29-2)7-6-8-16(18)30-3/h9-11,17,30H,7-8,12-16H2,1-6H3;6-8,14,22,25H,4-5,9-13H2,1-3H3. The van der Waals surface area contributed by atoms with Crippen molar-refractivity contribution in [2.75, 3.05) is 54.6 Å². The third kappa shape index (κ3) is 11.9. The van der Waals surface area contributed by atoms with Crippen LogP contribution in [0, 0.1) is 0 Å². The molecule has 2 aromatic heterocycles. The van der Waals surface area contributed by atoms with Gasteiger partial charge in [-0.15, -0.1) is 0 Å². The summed E-state index contributed by atoms with van der Waals surface area (Å²) in [5.41, 5.74) is -1.99. The predicted molar refractivity (Wildman–Crippen MR) is 258 cm³/mol. The van der Waals surface area contributed by atoms with Gasteiger partial charge in [0, 0.05) is 25.9 Å². The quantitative estimate of drug-likeness (QED) is 0.129. The van der Waals surface area contributed by atoms with Gasteiger partial charge in [-0.05, 0) is 96.7 Å². The number of unbranched alkanes of at least 4 members (excludes halogenated alkanes) is 2. The largest absolute Gasteiger partial charge is 0.494 e. The number of carbonyl (C=O) groups excluding carboxylic acids is 1. The number of aryl methyl sites for hydroxylation is 2. The van der Waals surface area contributed by atoms with Crippen molar-refractivity contribution in [1.82, 2.24) is 29.3 Å². The first kappa shape index (κ1) is 54.1. The monoisotopic (exact) mass is 1000 g/mol. The molecule has 0 radical (unpaired) electrons. The van der Waals surface area contributed by atoms with E-state index in [1.165, 1.54) is 37.9 Å². The molecule has 2 aliphatic rings. The number of methoxy groups -OCH3 is 4. The Bertz CT molecular complexity index is 2750. The number of para-hydroxylation sites is 2. The topological polar surface area (TPSA) is 257 Å². The number of piperidine rings is 2. The molecule has 2 aliphatic heterocycles. The Morgan fingerprint density at radius 1 is 0.667 bits per heavy atom. The first-order chi connectivity index (χ1) is 32.7. The number of carbonyl (C=O) groups is 1. The first-order valence-electron chi connectivity index (χ1n) is 23.0. The summed E-state index contributed by atoms with van der Waals surface area (Å²) in [5, 5.41) is 22.7. The van der Waals surface area contributed by atoms with E-state index in [1.54, 1.807) is 57.2 Å². The highest BCUT2D eigenvalue weighted by Crippen LogP contribution is 2.37. The van der Waals surface area contributed by atoms with Gasteiger partial charge in [0.1, 0.15) is 51.6 Å². The van der Waals surface area contributed by atoms with Crippen LogP contribution in [0.5, 0.6) is 34.8 Å². The molecule has 22 heteroatoms. The molecule has 2 fully saturated rings. The third-order valence-electron chi connectivity index (χ3n) is 11.8. The molecule has 0 atom stereocenters. The summed E-state index contributed by atoms with van der Waals surface area (Å²) < 4.78 is 83.7. The minimum atomic E-state index is -4.32. The van der Waals surface area contributed by atoms with Crippen LogP contribution in [0.4, 0.5) is 4.79 Å². The normalized spacial score (nSPS) is 14.9. The summed E-state index contributed by atoms with van der Waals surface area (Å²) in [6.45, 7) is 10.5. The lowest BCUT2D eigenvalue weighted by Gasteiger charge is -2.33. The Balaban J connectivity index is 0.000000263. The van der Waals surface area contributed by atoms with E-state index in [2.05, 4.69) is 15.3 Å². The van der Waals surface area contributed by atoms with Crippen LogP contribution in [0.25, 0.3) is 11.4 Å². The number of rotatable bonds is 16. The zero-order valence-corrected chi connectivity index (χ0v) is 42.5. The lowest BCUT2D eigenvalue weighted by atomic mass is 10.1. The van der Waals surface area contributed by atoms with Gasteiger partial charge in [-0.1, -0.05) is 38.8 Å². The smallest absolute Gasteiger partial charge is 0.410 e. The number of aromatic nitrogens is 4. The van der Waals surface area contributed by atoms with Crippen molar-refractivity contribution in [3.05, 3.63) is 68.8 Å². The van der Waals surface area contributed by atoms with Crippen LogP contribution in [-0.4, -0.2) is 128 Å². The fourth-order valence-electron chi connectivity index (χ4n) is 8.26. The Hall–Kier alpha value is -5.87. The van der Waals surface area contributed by atoms with E-state index in [-0.39, 0.29) is 60.5 Å². The molecule has 20 nitrogen and oxygen atoms in total. The average Bonchev–Trinajstić information content (AvgIpc) is 3.32. The van der Waals surface area contributed by atoms with Gasteiger partial charge < -0.3 is 44.1 Å². The Morgan fingerprint density at radius 2 is 1.03 bits per heavy atom. The minimum Gasteiger partial charge on any atom is -0.494 e. The molecule has 3 N–H and O–H groups in total. The van der Waals surface area contributed by atoms with Crippen LogP contribution in [0.2, 0.25) is 0 Å². The van der Waals surface area contributed by atoms with Gasteiger partial charge in [0.2, 0.25) is 11.8 Å². The fourth-order valence-corrected chi connectivity index (χ4v) is 11.9. The van der Waals surface area contributed by atoms with Crippen LogP contribution >= 0.6 is 0 Å². The number of hydrogen-bond donors (Lipinski definition) is 3. The molecular formula is C47H66N6O14S2. The number of aromatic hydroxyl groups is 2. The molecule has 2 aromatic carbocycles. The van der Waals surface area contributed by atoms with E-state index in [0.29, 0.717) is 63.1 Å². The molecule has 0 aliphatic carbocycles. The molecule has 0 unspecified atom stereocenters. The number of ether oxygens (including phenoxy) is 5. The van der Waals surface area contributed by atoms with Crippen molar-refractivity contribution in [3.8, 4) is 46.1 Å². The van der Waals surface area contributed by atoms with Gasteiger partial charge >= 0.3 is 6.09 Å². The fraction of sp³-hybridized carbons (Fsp3) is 0.553. The van der Waals surface area contributed by atoms with E-state index >= 15 is 0 Å². The summed E-state index contributed by atoms with van der Waals surface area (Å²) in [6.07, 6.45) is 4.00. The zero-order chi connectivity index (χ0) is 50.8. The Morgan fingerprint density at radius 3 is 1.36 bits per heavy atom. The van der Waals surface area contributed by atoms with Crippen LogP contribution in [0.3, 0.4) is 0 Å². The Kier molecular flexibility index (Phi) is 18.1. The van der Waals surface area contributed by atoms with Gasteiger partial charge in [0.05, 0.1) is 38.9 Å². The van der Waals surface area contributed by atoms with E-state index in [0.717, 1.165) is 17.4 Å². The predicted octanol–water partition coefficient (Wildman–Crippen LogP) is 5.29. The minimum absolute atomic E-state index is 0.0794. The van der Waals surface area contributed by atoms with E-state index in [9.17, 15) is 41.4 Å². The number of nitrogens with zero attached hydrogens (tertiary/aromatic N) is 5.